The van der Waals surface area contributed by atoms with E-state index in [0.717, 1.165) is 28.4 Å². The number of aldehydes is 1. The first-order chi connectivity index (χ1) is 12.6. The molecule has 3 aromatic rings. The average molecular weight is 352 g/mol. The summed E-state index contributed by atoms with van der Waals surface area (Å²) >= 11 is 0. The molecule has 3 rings (SSSR count). The molecule has 0 aliphatic carbocycles. The monoisotopic (exact) mass is 352 g/mol. The summed E-state index contributed by atoms with van der Waals surface area (Å²) in [6.07, 6.45) is 6.84. The molecular weight excluding hydrogens is 332 g/mol. The molecule has 0 aliphatic heterocycles. The SMILES string of the molecule is COc1cc(-c2cn(C)c(=O)c3cnccc23)cc(OC)c1CCC=O. The van der Waals surface area contributed by atoms with Gasteiger partial charge in [0.25, 0.3) is 5.56 Å². The number of hydrogen-bond donors (Lipinski definition) is 0. The smallest absolute Gasteiger partial charge is 0.259 e. The minimum Gasteiger partial charge on any atom is -0.496 e. The van der Waals surface area contributed by atoms with Gasteiger partial charge in [0.05, 0.1) is 19.6 Å². The average Bonchev–Trinajstić information content (AvgIpc) is 2.68. The predicted molar refractivity (Wildman–Crippen MR) is 99.9 cm³/mol. The summed E-state index contributed by atoms with van der Waals surface area (Å²) in [7, 11) is 4.89. The first-order valence-corrected chi connectivity index (χ1v) is 8.23. The minimum atomic E-state index is -0.0987. The number of carbonyl (C=O) groups excluding carboxylic acids is 1. The highest BCUT2D eigenvalue weighted by atomic mass is 16.5. The highest BCUT2D eigenvalue weighted by Crippen LogP contribution is 2.37. The Balaban J connectivity index is 2.28. The Morgan fingerprint density at radius 3 is 2.46 bits per heavy atom. The van der Waals surface area contributed by atoms with Crippen molar-refractivity contribution < 1.29 is 14.3 Å². The molecule has 2 heterocycles. The molecule has 0 spiro atoms. The lowest BCUT2D eigenvalue weighted by Crippen LogP contribution is -2.16. The van der Waals surface area contributed by atoms with Gasteiger partial charge in [0.1, 0.15) is 17.8 Å². The molecule has 134 valence electrons. The van der Waals surface area contributed by atoms with Gasteiger partial charge < -0.3 is 18.8 Å². The topological polar surface area (TPSA) is 70.4 Å². The fourth-order valence-electron chi connectivity index (χ4n) is 3.13. The highest BCUT2D eigenvalue weighted by Gasteiger charge is 2.16. The second-order valence-corrected chi connectivity index (χ2v) is 5.94. The summed E-state index contributed by atoms with van der Waals surface area (Å²) in [5.74, 6) is 1.30. The predicted octanol–water partition coefficient (Wildman–Crippen LogP) is 2.75. The van der Waals surface area contributed by atoms with Gasteiger partial charge in [0, 0.05) is 43.2 Å². The fraction of sp³-hybridized carbons (Fsp3) is 0.250. The van der Waals surface area contributed by atoms with Crippen LogP contribution in [0, 0.1) is 0 Å². The number of ether oxygens (including phenoxy) is 2. The number of benzene rings is 1. The van der Waals surface area contributed by atoms with Crippen LogP contribution in [-0.2, 0) is 18.3 Å². The number of methoxy groups -OCH3 is 2. The van der Waals surface area contributed by atoms with Gasteiger partial charge in [-0.15, -0.1) is 0 Å². The first kappa shape index (κ1) is 17.7. The Hall–Kier alpha value is -3.15. The van der Waals surface area contributed by atoms with Crippen LogP contribution in [0.25, 0.3) is 21.9 Å². The molecule has 0 saturated heterocycles. The van der Waals surface area contributed by atoms with Crippen LogP contribution in [0.2, 0.25) is 0 Å². The fourth-order valence-corrected chi connectivity index (χ4v) is 3.13. The van der Waals surface area contributed by atoms with Crippen molar-refractivity contribution in [1.82, 2.24) is 9.55 Å². The van der Waals surface area contributed by atoms with Crippen LogP contribution < -0.4 is 15.0 Å². The Bertz CT molecular complexity index is 999. The maximum atomic E-state index is 12.4. The summed E-state index contributed by atoms with van der Waals surface area (Å²) in [4.78, 5) is 27.2. The van der Waals surface area contributed by atoms with Gasteiger partial charge in [-0.3, -0.25) is 9.78 Å². The zero-order valence-electron chi connectivity index (χ0n) is 15.0. The third-order valence-corrected chi connectivity index (χ3v) is 4.42. The van der Waals surface area contributed by atoms with E-state index in [0.29, 0.717) is 29.7 Å². The molecule has 2 aromatic heterocycles. The molecule has 0 saturated carbocycles. The molecule has 0 fully saturated rings. The van der Waals surface area contributed by atoms with Crippen molar-refractivity contribution in [3.05, 3.63) is 52.7 Å². The van der Waals surface area contributed by atoms with Gasteiger partial charge >= 0.3 is 0 Å². The number of fused-ring (bicyclic) bond motifs is 1. The van der Waals surface area contributed by atoms with Crippen molar-refractivity contribution in [2.75, 3.05) is 14.2 Å². The number of aromatic nitrogens is 2. The van der Waals surface area contributed by atoms with Crippen molar-refractivity contribution in [3.63, 3.8) is 0 Å². The van der Waals surface area contributed by atoms with Gasteiger partial charge in [-0.1, -0.05) is 0 Å². The maximum absolute atomic E-state index is 12.4. The van der Waals surface area contributed by atoms with E-state index in [9.17, 15) is 9.59 Å². The Kier molecular flexibility index (Phi) is 5.02. The highest BCUT2D eigenvalue weighted by molar-refractivity contribution is 5.95. The lowest BCUT2D eigenvalue weighted by molar-refractivity contribution is -0.107. The van der Waals surface area contributed by atoms with E-state index in [2.05, 4.69) is 4.98 Å². The van der Waals surface area contributed by atoms with Crippen LogP contribution >= 0.6 is 0 Å². The van der Waals surface area contributed by atoms with Crippen molar-refractivity contribution in [1.29, 1.82) is 0 Å². The van der Waals surface area contributed by atoms with Crippen molar-refractivity contribution in [2.45, 2.75) is 12.8 Å². The molecule has 26 heavy (non-hydrogen) atoms. The number of pyridine rings is 2. The minimum absolute atomic E-state index is 0.0987. The van der Waals surface area contributed by atoms with Crippen LogP contribution in [0.4, 0.5) is 0 Å². The molecule has 0 radical (unpaired) electrons. The Morgan fingerprint density at radius 2 is 1.85 bits per heavy atom. The van der Waals surface area contributed by atoms with Gasteiger partial charge in [0.2, 0.25) is 0 Å². The zero-order valence-corrected chi connectivity index (χ0v) is 15.0. The summed E-state index contributed by atoms with van der Waals surface area (Å²) < 4.78 is 12.6. The van der Waals surface area contributed by atoms with Crippen LogP contribution in [0.3, 0.4) is 0 Å². The second-order valence-electron chi connectivity index (χ2n) is 5.94. The number of nitrogens with zero attached hydrogens (tertiary/aromatic N) is 2. The summed E-state index contributed by atoms with van der Waals surface area (Å²) in [5.41, 5.74) is 2.49. The number of aryl methyl sites for hydroxylation is 1. The lowest BCUT2D eigenvalue weighted by atomic mass is 9.97. The molecule has 1 aromatic carbocycles. The Morgan fingerprint density at radius 1 is 1.15 bits per heavy atom. The van der Waals surface area contributed by atoms with Crippen LogP contribution in [0.5, 0.6) is 11.5 Å². The van der Waals surface area contributed by atoms with Gasteiger partial charge in [-0.25, -0.2) is 0 Å². The summed E-state index contributed by atoms with van der Waals surface area (Å²) in [5, 5.41) is 1.36. The first-order valence-electron chi connectivity index (χ1n) is 8.23. The molecule has 0 unspecified atom stereocenters. The van der Waals surface area contributed by atoms with E-state index in [-0.39, 0.29) is 5.56 Å². The molecule has 0 bridgehead atoms. The van der Waals surface area contributed by atoms with E-state index < -0.39 is 0 Å². The van der Waals surface area contributed by atoms with Crippen molar-refractivity contribution in [2.24, 2.45) is 7.05 Å². The summed E-state index contributed by atoms with van der Waals surface area (Å²) in [6, 6.07) is 5.63. The van der Waals surface area contributed by atoms with Gasteiger partial charge in [-0.05, 0) is 35.6 Å². The third-order valence-electron chi connectivity index (χ3n) is 4.42. The van der Waals surface area contributed by atoms with E-state index >= 15 is 0 Å². The third kappa shape index (κ3) is 3.06. The van der Waals surface area contributed by atoms with E-state index in [1.807, 2.05) is 18.2 Å². The summed E-state index contributed by atoms with van der Waals surface area (Å²) in [6.45, 7) is 0. The number of carbonyl (C=O) groups is 1. The van der Waals surface area contributed by atoms with Gasteiger partial charge in [-0.2, -0.15) is 0 Å². The molecule has 6 nitrogen and oxygen atoms in total. The quantitative estimate of drug-likeness (QED) is 0.638. The molecule has 0 aliphatic rings. The molecule has 0 amide bonds. The molecule has 0 N–H and O–H groups in total. The zero-order chi connectivity index (χ0) is 18.7. The Labute approximate surface area is 151 Å². The second kappa shape index (κ2) is 7.39. The van der Waals surface area contributed by atoms with Crippen LogP contribution in [-0.4, -0.2) is 30.1 Å². The van der Waals surface area contributed by atoms with Crippen LogP contribution in [0.1, 0.15) is 12.0 Å². The van der Waals surface area contributed by atoms with Crippen molar-refractivity contribution in [3.8, 4) is 22.6 Å². The number of hydrogen-bond acceptors (Lipinski definition) is 5. The number of rotatable bonds is 6. The van der Waals surface area contributed by atoms with E-state index in [1.165, 1.54) is 0 Å². The van der Waals surface area contributed by atoms with Crippen molar-refractivity contribution >= 4 is 17.1 Å². The normalized spacial score (nSPS) is 10.7. The lowest BCUT2D eigenvalue weighted by Gasteiger charge is -2.16. The maximum Gasteiger partial charge on any atom is 0.259 e. The van der Waals surface area contributed by atoms with Gasteiger partial charge in [0.15, 0.2) is 0 Å². The largest absolute Gasteiger partial charge is 0.496 e. The molecular formula is C20H20N2O4. The molecule has 6 heteroatoms. The van der Waals surface area contributed by atoms with Crippen LogP contribution in [0.15, 0.2) is 41.6 Å². The standard InChI is InChI=1S/C20H20N2O4/c1-22-12-17(14-6-7-21-11-16(14)20(22)24)13-9-18(25-2)15(5-4-8-23)19(10-13)26-3/h6-12H,4-5H2,1-3H3. The van der Waals surface area contributed by atoms with E-state index in [1.54, 1.807) is 44.4 Å². The van der Waals surface area contributed by atoms with E-state index in [4.69, 9.17) is 9.47 Å². The molecule has 0 atom stereocenters.